The Balaban J connectivity index is 1.91. The molecule has 0 aliphatic rings. The summed E-state index contributed by atoms with van der Waals surface area (Å²) in [6.45, 7) is 3.07. The van der Waals surface area contributed by atoms with Gasteiger partial charge in [0.25, 0.3) is 0 Å². The second-order valence-electron chi connectivity index (χ2n) is 5.09. The summed E-state index contributed by atoms with van der Waals surface area (Å²) in [6.07, 6.45) is 4.57. The molecule has 0 saturated heterocycles. The van der Waals surface area contributed by atoms with Crippen LogP contribution in [0, 0.1) is 0 Å². The van der Waals surface area contributed by atoms with Gasteiger partial charge in [0, 0.05) is 35.9 Å². The van der Waals surface area contributed by atoms with E-state index in [1.54, 1.807) is 0 Å². The highest BCUT2D eigenvalue weighted by Gasteiger charge is 2.12. The van der Waals surface area contributed by atoms with Crippen molar-refractivity contribution >= 4 is 10.9 Å². The van der Waals surface area contributed by atoms with E-state index in [0.717, 1.165) is 24.2 Å². The van der Waals surface area contributed by atoms with E-state index < -0.39 is 0 Å². The number of pyridine rings is 2. The van der Waals surface area contributed by atoms with E-state index >= 15 is 0 Å². The standard InChI is InChI=1S/C18H19N3/c1-2-19-18(13-16-7-3-4-10-20-16)15-8-9-17-14(12-15)6-5-11-21-17/h3-12,18-19H,2,13H2,1H3. The van der Waals surface area contributed by atoms with E-state index in [1.165, 1.54) is 10.9 Å². The number of benzene rings is 1. The molecule has 0 fully saturated rings. The molecule has 21 heavy (non-hydrogen) atoms. The molecule has 2 aromatic heterocycles. The van der Waals surface area contributed by atoms with Crippen molar-refractivity contribution in [1.82, 2.24) is 15.3 Å². The van der Waals surface area contributed by atoms with Crippen LogP contribution in [0.2, 0.25) is 0 Å². The van der Waals surface area contributed by atoms with Crippen LogP contribution in [-0.4, -0.2) is 16.5 Å². The molecule has 3 heteroatoms. The first-order chi connectivity index (χ1) is 10.4. The van der Waals surface area contributed by atoms with Gasteiger partial charge in [0.1, 0.15) is 0 Å². The lowest BCUT2D eigenvalue weighted by Gasteiger charge is -2.18. The minimum atomic E-state index is 0.273. The zero-order valence-corrected chi connectivity index (χ0v) is 12.2. The topological polar surface area (TPSA) is 37.8 Å². The van der Waals surface area contributed by atoms with Crippen LogP contribution in [0.25, 0.3) is 10.9 Å². The quantitative estimate of drug-likeness (QED) is 0.775. The number of hydrogen-bond acceptors (Lipinski definition) is 3. The van der Waals surface area contributed by atoms with Gasteiger partial charge in [-0.1, -0.05) is 25.1 Å². The van der Waals surface area contributed by atoms with Crippen LogP contribution in [0.5, 0.6) is 0 Å². The zero-order valence-electron chi connectivity index (χ0n) is 12.2. The van der Waals surface area contributed by atoms with Gasteiger partial charge in [-0.05, 0) is 42.4 Å². The van der Waals surface area contributed by atoms with Crippen LogP contribution in [0.3, 0.4) is 0 Å². The highest BCUT2D eigenvalue weighted by Crippen LogP contribution is 2.21. The predicted octanol–water partition coefficient (Wildman–Crippen LogP) is 3.52. The first kappa shape index (κ1) is 13.7. The molecule has 0 amide bonds. The van der Waals surface area contributed by atoms with Crippen molar-refractivity contribution in [1.29, 1.82) is 0 Å². The third-order valence-electron chi connectivity index (χ3n) is 3.62. The summed E-state index contributed by atoms with van der Waals surface area (Å²) in [4.78, 5) is 8.82. The summed E-state index contributed by atoms with van der Waals surface area (Å²) >= 11 is 0. The lowest BCUT2D eigenvalue weighted by molar-refractivity contribution is 0.544. The van der Waals surface area contributed by atoms with Gasteiger partial charge < -0.3 is 5.32 Å². The van der Waals surface area contributed by atoms with Crippen molar-refractivity contribution in [2.75, 3.05) is 6.54 Å². The maximum absolute atomic E-state index is 4.44. The molecule has 1 aromatic carbocycles. The molecule has 3 nitrogen and oxygen atoms in total. The van der Waals surface area contributed by atoms with E-state index in [0.29, 0.717) is 0 Å². The van der Waals surface area contributed by atoms with Gasteiger partial charge in [0.2, 0.25) is 0 Å². The Kier molecular flexibility index (Phi) is 4.22. The van der Waals surface area contributed by atoms with Gasteiger partial charge in [-0.2, -0.15) is 0 Å². The summed E-state index contributed by atoms with van der Waals surface area (Å²) in [6, 6.07) is 16.9. The lowest BCUT2D eigenvalue weighted by atomic mass is 9.99. The molecule has 0 bridgehead atoms. The maximum Gasteiger partial charge on any atom is 0.0702 e. The molecule has 1 unspecified atom stereocenters. The molecule has 0 saturated carbocycles. The fourth-order valence-electron chi connectivity index (χ4n) is 2.59. The number of aromatic nitrogens is 2. The van der Waals surface area contributed by atoms with Gasteiger partial charge in [-0.15, -0.1) is 0 Å². The Morgan fingerprint density at radius 3 is 2.71 bits per heavy atom. The van der Waals surface area contributed by atoms with E-state index in [1.807, 2.05) is 30.6 Å². The van der Waals surface area contributed by atoms with Crippen molar-refractivity contribution in [3.05, 3.63) is 72.2 Å². The molecule has 0 aliphatic carbocycles. The van der Waals surface area contributed by atoms with Gasteiger partial charge in [-0.25, -0.2) is 0 Å². The molecule has 0 aliphatic heterocycles. The SMILES string of the molecule is CCNC(Cc1ccccn1)c1ccc2ncccc2c1. The fraction of sp³-hybridized carbons (Fsp3) is 0.222. The largest absolute Gasteiger partial charge is 0.310 e. The van der Waals surface area contributed by atoms with Crippen LogP contribution in [-0.2, 0) is 6.42 Å². The van der Waals surface area contributed by atoms with Gasteiger partial charge in [-0.3, -0.25) is 9.97 Å². The van der Waals surface area contributed by atoms with Crippen LogP contribution in [0.4, 0.5) is 0 Å². The summed E-state index contributed by atoms with van der Waals surface area (Å²) in [5.41, 5.74) is 3.42. The number of hydrogen-bond donors (Lipinski definition) is 1. The van der Waals surface area contributed by atoms with Crippen molar-refractivity contribution in [3.8, 4) is 0 Å². The Morgan fingerprint density at radius 2 is 1.90 bits per heavy atom. The van der Waals surface area contributed by atoms with Gasteiger partial charge in [0.15, 0.2) is 0 Å². The van der Waals surface area contributed by atoms with Gasteiger partial charge in [0.05, 0.1) is 5.52 Å². The highest BCUT2D eigenvalue weighted by molar-refractivity contribution is 5.79. The molecule has 1 atom stereocenters. The molecule has 3 aromatic rings. The lowest BCUT2D eigenvalue weighted by Crippen LogP contribution is -2.23. The molecular formula is C18H19N3. The van der Waals surface area contributed by atoms with Crippen molar-refractivity contribution in [3.63, 3.8) is 0 Å². The Hall–Kier alpha value is -2.26. The fourth-order valence-corrected chi connectivity index (χ4v) is 2.59. The summed E-state index contributed by atoms with van der Waals surface area (Å²) < 4.78 is 0. The van der Waals surface area contributed by atoms with Crippen LogP contribution in [0.1, 0.15) is 24.2 Å². The first-order valence-electron chi connectivity index (χ1n) is 7.35. The Morgan fingerprint density at radius 1 is 1.00 bits per heavy atom. The number of nitrogens with zero attached hydrogens (tertiary/aromatic N) is 2. The second kappa shape index (κ2) is 6.46. The zero-order chi connectivity index (χ0) is 14.5. The van der Waals surface area contributed by atoms with E-state index in [2.05, 4.69) is 52.5 Å². The first-order valence-corrected chi connectivity index (χ1v) is 7.35. The molecule has 1 N–H and O–H groups in total. The van der Waals surface area contributed by atoms with E-state index in [-0.39, 0.29) is 6.04 Å². The number of nitrogens with one attached hydrogen (secondary N) is 1. The molecule has 2 heterocycles. The number of likely N-dealkylation sites (N-methyl/N-ethyl adjacent to an activating group) is 1. The van der Waals surface area contributed by atoms with Crippen molar-refractivity contribution < 1.29 is 0 Å². The minimum absolute atomic E-state index is 0.273. The van der Waals surface area contributed by atoms with Crippen molar-refractivity contribution in [2.24, 2.45) is 0 Å². The van der Waals surface area contributed by atoms with Crippen molar-refractivity contribution in [2.45, 2.75) is 19.4 Å². The van der Waals surface area contributed by atoms with Crippen LogP contribution in [0.15, 0.2) is 60.9 Å². The van der Waals surface area contributed by atoms with Gasteiger partial charge >= 0.3 is 0 Å². The molecule has 3 rings (SSSR count). The maximum atomic E-state index is 4.44. The normalized spacial score (nSPS) is 12.4. The molecule has 106 valence electrons. The summed E-state index contributed by atoms with van der Waals surface area (Å²) in [5.74, 6) is 0. The monoisotopic (exact) mass is 277 g/mol. The number of fused-ring (bicyclic) bond motifs is 1. The predicted molar refractivity (Wildman–Crippen MR) is 86.1 cm³/mol. The minimum Gasteiger partial charge on any atom is -0.310 e. The van der Waals surface area contributed by atoms with Crippen LogP contribution < -0.4 is 5.32 Å². The average Bonchev–Trinajstić information content (AvgIpc) is 2.55. The average molecular weight is 277 g/mol. The Labute approximate surface area is 125 Å². The smallest absolute Gasteiger partial charge is 0.0702 e. The molecule has 0 radical (unpaired) electrons. The summed E-state index contributed by atoms with van der Waals surface area (Å²) in [5, 5.41) is 4.73. The van der Waals surface area contributed by atoms with Crippen LogP contribution >= 0.6 is 0 Å². The van der Waals surface area contributed by atoms with E-state index in [9.17, 15) is 0 Å². The third-order valence-corrected chi connectivity index (χ3v) is 3.62. The third kappa shape index (κ3) is 3.26. The second-order valence-corrected chi connectivity index (χ2v) is 5.09. The number of rotatable bonds is 5. The summed E-state index contributed by atoms with van der Waals surface area (Å²) in [7, 11) is 0. The Bertz CT molecular complexity index is 710. The highest BCUT2D eigenvalue weighted by atomic mass is 14.9. The molecule has 0 spiro atoms. The molecular weight excluding hydrogens is 258 g/mol. The van der Waals surface area contributed by atoms with E-state index in [4.69, 9.17) is 0 Å².